The average Bonchev–Trinajstić information content (AvgIpc) is 2.78. The van der Waals surface area contributed by atoms with Crippen LogP contribution >= 0.6 is 0 Å². The number of nitrogens with zero attached hydrogens (tertiary/aromatic N) is 4. The first kappa shape index (κ1) is 20.5. The molecule has 0 fully saturated rings. The first-order valence-corrected chi connectivity index (χ1v) is 11.0. The van der Waals surface area contributed by atoms with Gasteiger partial charge in [0, 0.05) is 11.4 Å². The molecule has 2 heterocycles. The zero-order valence-electron chi connectivity index (χ0n) is 18.0. The van der Waals surface area contributed by atoms with Crippen molar-refractivity contribution in [1.82, 2.24) is 9.97 Å². The Balaban J connectivity index is 1.34. The van der Waals surface area contributed by atoms with Crippen molar-refractivity contribution >= 4 is 11.4 Å². The largest absolute Gasteiger partial charge is 0.399 e. The van der Waals surface area contributed by atoms with E-state index < -0.39 is 0 Å². The van der Waals surface area contributed by atoms with Crippen LogP contribution in [0, 0.1) is 0 Å². The fourth-order valence-electron chi connectivity index (χ4n) is 4.22. The van der Waals surface area contributed by atoms with Gasteiger partial charge in [-0.25, -0.2) is 0 Å². The highest BCUT2D eigenvalue weighted by atomic mass is 16.6. The van der Waals surface area contributed by atoms with Crippen molar-refractivity contribution in [2.75, 3.05) is 13.7 Å². The van der Waals surface area contributed by atoms with Gasteiger partial charge in [-0.2, -0.15) is 0 Å². The molecule has 0 unspecified atom stereocenters. The Morgan fingerprint density at radius 1 is 1.03 bits per heavy atom. The molecule has 4 rings (SSSR count). The van der Waals surface area contributed by atoms with Gasteiger partial charge in [0.2, 0.25) is 0 Å². The van der Waals surface area contributed by atoms with E-state index >= 15 is 0 Å². The summed E-state index contributed by atoms with van der Waals surface area (Å²) in [5.41, 5.74) is 8.77. The summed E-state index contributed by atoms with van der Waals surface area (Å²) in [4.78, 5) is 20.1. The predicted octanol–water partition coefficient (Wildman–Crippen LogP) is 4.42. The SMILES string of the molecule is CO/N=C(\C)c1cccc(CCCO/N=C2\CCCc3cc4c(nc32)CCCC4)n1. The lowest BCUT2D eigenvalue weighted by molar-refractivity contribution is 0.141. The molecule has 0 atom stereocenters. The molecule has 158 valence electrons. The number of pyridine rings is 2. The molecule has 6 heteroatoms. The Morgan fingerprint density at radius 2 is 1.90 bits per heavy atom. The highest BCUT2D eigenvalue weighted by molar-refractivity contribution is 6.00. The molecule has 0 bridgehead atoms. The van der Waals surface area contributed by atoms with E-state index in [1.807, 2.05) is 25.1 Å². The Morgan fingerprint density at radius 3 is 2.80 bits per heavy atom. The summed E-state index contributed by atoms with van der Waals surface area (Å²) in [5.74, 6) is 0. The van der Waals surface area contributed by atoms with Crippen LogP contribution in [-0.2, 0) is 35.4 Å². The van der Waals surface area contributed by atoms with Gasteiger partial charge >= 0.3 is 0 Å². The van der Waals surface area contributed by atoms with Crippen LogP contribution in [0.15, 0.2) is 34.6 Å². The number of hydrogen-bond donors (Lipinski definition) is 0. The maximum Gasteiger partial charge on any atom is 0.117 e. The van der Waals surface area contributed by atoms with Gasteiger partial charge in [-0.15, -0.1) is 0 Å². The normalized spacial score (nSPS) is 17.4. The summed E-state index contributed by atoms with van der Waals surface area (Å²) >= 11 is 0. The summed E-state index contributed by atoms with van der Waals surface area (Å²) in [6.07, 6.45) is 9.65. The summed E-state index contributed by atoms with van der Waals surface area (Å²) in [6.45, 7) is 2.46. The predicted molar refractivity (Wildman–Crippen MR) is 118 cm³/mol. The first-order valence-electron chi connectivity index (χ1n) is 11.0. The summed E-state index contributed by atoms with van der Waals surface area (Å²) in [6, 6.07) is 8.34. The van der Waals surface area contributed by atoms with Gasteiger partial charge in [0.15, 0.2) is 0 Å². The van der Waals surface area contributed by atoms with Crippen LogP contribution in [0.5, 0.6) is 0 Å². The third-order valence-electron chi connectivity index (χ3n) is 5.76. The maximum atomic E-state index is 5.69. The summed E-state index contributed by atoms with van der Waals surface area (Å²) < 4.78 is 0. The minimum atomic E-state index is 0.570. The van der Waals surface area contributed by atoms with Gasteiger partial charge in [0.05, 0.1) is 11.4 Å². The second kappa shape index (κ2) is 9.83. The van der Waals surface area contributed by atoms with E-state index in [0.29, 0.717) is 6.61 Å². The molecule has 6 nitrogen and oxygen atoms in total. The van der Waals surface area contributed by atoms with E-state index in [0.717, 1.165) is 67.0 Å². The molecular weight excluding hydrogens is 376 g/mol. The second-order valence-electron chi connectivity index (χ2n) is 8.01. The molecule has 0 saturated carbocycles. The molecule has 2 aliphatic rings. The Hall–Kier alpha value is -2.76. The quantitative estimate of drug-likeness (QED) is 0.388. The number of aryl methyl sites for hydroxylation is 4. The van der Waals surface area contributed by atoms with Crippen LogP contribution in [-0.4, -0.2) is 35.1 Å². The zero-order chi connectivity index (χ0) is 20.8. The topological polar surface area (TPSA) is 69.0 Å². The number of hydrogen-bond acceptors (Lipinski definition) is 6. The minimum absolute atomic E-state index is 0.570. The van der Waals surface area contributed by atoms with Crippen LogP contribution in [0.25, 0.3) is 0 Å². The van der Waals surface area contributed by atoms with E-state index in [4.69, 9.17) is 14.7 Å². The van der Waals surface area contributed by atoms with Crippen molar-refractivity contribution in [1.29, 1.82) is 0 Å². The fraction of sp³-hybridized carbons (Fsp3) is 0.500. The molecule has 2 aromatic rings. The molecule has 0 aromatic carbocycles. The van der Waals surface area contributed by atoms with Gasteiger partial charge in [-0.1, -0.05) is 22.4 Å². The highest BCUT2D eigenvalue weighted by Gasteiger charge is 2.21. The molecule has 2 aliphatic carbocycles. The van der Waals surface area contributed by atoms with Gasteiger partial charge < -0.3 is 9.68 Å². The minimum Gasteiger partial charge on any atom is -0.399 e. The van der Waals surface area contributed by atoms with Crippen LogP contribution in [0.4, 0.5) is 0 Å². The Bertz CT molecular complexity index is 952. The van der Waals surface area contributed by atoms with Gasteiger partial charge in [0.1, 0.15) is 25.1 Å². The average molecular weight is 407 g/mol. The molecule has 0 spiro atoms. The molecule has 30 heavy (non-hydrogen) atoms. The molecule has 0 aliphatic heterocycles. The van der Waals surface area contributed by atoms with Crippen LogP contribution in [0.3, 0.4) is 0 Å². The smallest absolute Gasteiger partial charge is 0.117 e. The molecular formula is C24H30N4O2. The first-order chi connectivity index (χ1) is 14.7. The van der Waals surface area contributed by atoms with Crippen molar-refractivity contribution in [3.63, 3.8) is 0 Å². The molecule has 0 saturated heterocycles. The maximum absolute atomic E-state index is 5.69. The summed E-state index contributed by atoms with van der Waals surface area (Å²) in [5, 5.41) is 8.42. The number of fused-ring (bicyclic) bond motifs is 2. The third-order valence-corrected chi connectivity index (χ3v) is 5.76. The van der Waals surface area contributed by atoms with Crippen molar-refractivity contribution in [2.24, 2.45) is 10.3 Å². The number of rotatable bonds is 7. The molecule has 2 aromatic heterocycles. The van der Waals surface area contributed by atoms with E-state index in [9.17, 15) is 0 Å². The lowest BCUT2D eigenvalue weighted by Gasteiger charge is -2.22. The van der Waals surface area contributed by atoms with Crippen molar-refractivity contribution in [2.45, 2.75) is 64.7 Å². The number of aromatic nitrogens is 2. The lowest BCUT2D eigenvalue weighted by atomic mass is 9.88. The molecule has 0 N–H and O–H groups in total. The molecule has 0 amide bonds. The van der Waals surface area contributed by atoms with Crippen LogP contribution < -0.4 is 0 Å². The van der Waals surface area contributed by atoms with Crippen molar-refractivity contribution < 1.29 is 9.68 Å². The van der Waals surface area contributed by atoms with E-state index in [1.54, 1.807) is 7.11 Å². The Kier molecular flexibility index (Phi) is 6.72. The van der Waals surface area contributed by atoms with E-state index in [1.165, 1.54) is 36.1 Å². The van der Waals surface area contributed by atoms with Crippen LogP contribution in [0.2, 0.25) is 0 Å². The lowest BCUT2D eigenvalue weighted by Crippen LogP contribution is -2.18. The standard InChI is InChI=1S/C24H30N4O2/c1-17(27-29-2)21-13-6-10-20(25-21)11-7-15-30-28-23-14-5-9-19-16-18-8-3-4-12-22(18)26-24(19)23/h6,10,13,16H,3-5,7-9,11-12,14-15H2,1-2H3/b27-17+,28-23+. The zero-order valence-corrected chi connectivity index (χ0v) is 18.0. The monoisotopic (exact) mass is 406 g/mol. The fourth-order valence-corrected chi connectivity index (χ4v) is 4.22. The number of oxime groups is 2. The van der Waals surface area contributed by atoms with E-state index in [2.05, 4.69) is 21.4 Å². The van der Waals surface area contributed by atoms with E-state index in [-0.39, 0.29) is 0 Å². The summed E-state index contributed by atoms with van der Waals surface area (Å²) in [7, 11) is 1.54. The van der Waals surface area contributed by atoms with Crippen molar-refractivity contribution in [3.8, 4) is 0 Å². The molecule has 0 radical (unpaired) electrons. The Labute approximate surface area is 178 Å². The third kappa shape index (κ3) is 4.86. The van der Waals surface area contributed by atoms with Crippen molar-refractivity contribution in [3.05, 3.63) is 58.2 Å². The highest BCUT2D eigenvalue weighted by Crippen LogP contribution is 2.27. The van der Waals surface area contributed by atoms with Gasteiger partial charge in [-0.05, 0) is 88.0 Å². The van der Waals surface area contributed by atoms with Gasteiger partial charge in [0.25, 0.3) is 0 Å². The second-order valence-corrected chi connectivity index (χ2v) is 8.01. The van der Waals surface area contributed by atoms with Gasteiger partial charge in [-0.3, -0.25) is 9.97 Å². The van der Waals surface area contributed by atoms with Crippen LogP contribution in [0.1, 0.15) is 72.9 Å².